The van der Waals surface area contributed by atoms with E-state index in [1.54, 1.807) is 0 Å². The minimum absolute atomic E-state index is 0.0692. The molecule has 0 aliphatic rings. The lowest BCUT2D eigenvalue weighted by atomic mass is 10.0. The minimum Gasteiger partial charge on any atom is -0.382 e. The molecule has 0 heterocycles. The molecule has 0 aromatic heterocycles. The number of ether oxygens (including phenoxy) is 2. The lowest BCUT2D eigenvalue weighted by molar-refractivity contribution is 0.0781. The molecule has 0 spiro atoms. The van der Waals surface area contributed by atoms with Gasteiger partial charge in [-0.3, -0.25) is 0 Å². The number of benzene rings is 2. The molecule has 0 aliphatic heterocycles. The molecule has 0 aliphatic carbocycles. The first-order chi connectivity index (χ1) is 14.9. The van der Waals surface area contributed by atoms with Crippen LogP contribution in [0.2, 0.25) is 0 Å². The summed E-state index contributed by atoms with van der Waals surface area (Å²) in [5, 5.41) is 0. The monoisotopic (exact) mass is 498 g/mol. The molecular weight excluding hydrogens is 487 g/mol. The molecule has 0 fully saturated rings. The summed E-state index contributed by atoms with van der Waals surface area (Å²) in [6.45, 7) is -0.586. The fourth-order valence-electron chi connectivity index (χ4n) is 2.30. The molecule has 0 bridgehead atoms. The summed E-state index contributed by atoms with van der Waals surface area (Å²) in [4.78, 5) is 0. The molecule has 2 rings (SSSR count). The summed E-state index contributed by atoms with van der Waals surface area (Å²) >= 11 is 0. The Morgan fingerprint density at radius 3 is 1.44 bits per heavy atom. The number of rotatable bonds is 9. The summed E-state index contributed by atoms with van der Waals surface area (Å²) in [7, 11) is -3.60. The third kappa shape index (κ3) is 4.94. The van der Waals surface area contributed by atoms with Gasteiger partial charge in [0.25, 0.3) is 0 Å². The molecule has 2 aromatic carbocycles. The fourth-order valence-corrected chi connectivity index (χ4v) is 3.11. The van der Waals surface area contributed by atoms with E-state index in [1.807, 2.05) is 0 Å². The van der Waals surface area contributed by atoms with Crippen molar-refractivity contribution in [2.45, 2.75) is 0 Å². The van der Waals surface area contributed by atoms with Crippen LogP contribution in [-0.2, 0) is 19.6 Å². The summed E-state index contributed by atoms with van der Waals surface area (Å²) in [6.07, 6.45) is 0. The topological polar surface area (TPSA) is 61.8 Å². The van der Waals surface area contributed by atoms with E-state index in [4.69, 9.17) is 4.74 Å². The Bertz CT molecular complexity index is 1080. The lowest BCUT2D eigenvalue weighted by Gasteiger charge is -2.14. The van der Waals surface area contributed by atoms with Crippen molar-refractivity contribution in [2.24, 2.45) is 0 Å². The van der Waals surface area contributed by atoms with Gasteiger partial charge < -0.3 is 13.7 Å². The Hall–Kier alpha value is -2.52. The zero-order valence-corrected chi connectivity index (χ0v) is 16.5. The van der Waals surface area contributed by atoms with Gasteiger partial charge in [-0.15, -0.1) is 0 Å². The second kappa shape index (κ2) is 9.95. The van der Waals surface area contributed by atoms with E-state index in [9.17, 15) is 47.9 Å². The van der Waals surface area contributed by atoms with Crippen LogP contribution in [0.25, 0.3) is 11.1 Å². The van der Waals surface area contributed by atoms with Gasteiger partial charge in [0, 0.05) is 7.11 Å². The van der Waals surface area contributed by atoms with Crippen molar-refractivity contribution in [2.75, 3.05) is 32.7 Å². The quantitative estimate of drug-likeness (QED) is 0.172. The van der Waals surface area contributed by atoms with E-state index in [1.165, 1.54) is 7.11 Å². The number of hydrogen-bond donors (Lipinski definition) is 0. The Morgan fingerprint density at radius 2 is 1.00 bits per heavy atom. The van der Waals surface area contributed by atoms with Crippen molar-refractivity contribution in [3.8, 4) is 16.9 Å². The molecule has 15 heteroatoms. The molecule has 32 heavy (non-hydrogen) atoms. The van der Waals surface area contributed by atoms with Crippen molar-refractivity contribution < 1.29 is 61.6 Å². The summed E-state index contributed by atoms with van der Waals surface area (Å²) in [5.41, 5.74) is -4.62. The predicted octanol–water partition coefficient (Wildman–Crippen LogP) is 3.98. The highest BCUT2D eigenvalue weighted by molar-refractivity contribution is 7.87. The van der Waals surface area contributed by atoms with E-state index in [-0.39, 0.29) is 13.2 Å². The molecule has 0 atom stereocenters. The number of halogens is 9. The SMILES string of the molecule is COCCOCCS(=O)(=O)Oc1c(F)c(F)c(-c2c(F)c(F)c(F)c(F)c2F)c(F)c1F. The van der Waals surface area contributed by atoms with Crippen LogP contribution in [-0.4, -0.2) is 41.1 Å². The Labute approximate surface area is 174 Å². The first-order valence-electron chi connectivity index (χ1n) is 8.22. The van der Waals surface area contributed by atoms with Gasteiger partial charge in [0.2, 0.25) is 23.2 Å². The molecular formula is C17H11F9O5S. The van der Waals surface area contributed by atoms with Crippen LogP contribution < -0.4 is 4.18 Å². The highest BCUT2D eigenvalue weighted by atomic mass is 32.2. The molecule has 0 saturated carbocycles. The van der Waals surface area contributed by atoms with Gasteiger partial charge in [-0.1, -0.05) is 0 Å². The van der Waals surface area contributed by atoms with E-state index < -0.39 is 91.7 Å². The second-order valence-corrected chi connectivity index (χ2v) is 7.55. The number of methoxy groups -OCH3 is 1. The lowest BCUT2D eigenvalue weighted by Crippen LogP contribution is -2.21. The van der Waals surface area contributed by atoms with Crippen LogP contribution in [0.1, 0.15) is 0 Å². The Kier molecular flexibility index (Phi) is 8.01. The zero-order chi connectivity index (χ0) is 24.4. The molecule has 0 saturated heterocycles. The van der Waals surface area contributed by atoms with E-state index in [0.717, 1.165) is 0 Å². The van der Waals surface area contributed by atoms with Gasteiger partial charge >= 0.3 is 10.1 Å². The van der Waals surface area contributed by atoms with Crippen molar-refractivity contribution >= 4 is 10.1 Å². The van der Waals surface area contributed by atoms with Gasteiger partial charge in [-0.2, -0.15) is 17.2 Å². The van der Waals surface area contributed by atoms with Crippen LogP contribution >= 0.6 is 0 Å². The molecule has 2 aromatic rings. The van der Waals surface area contributed by atoms with Crippen molar-refractivity contribution in [1.29, 1.82) is 0 Å². The maximum absolute atomic E-state index is 14.3. The highest BCUT2D eigenvalue weighted by Crippen LogP contribution is 2.40. The van der Waals surface area contributed by atoms with Gasteiger partial charge in [-0.25, -0.2) is 30.7 Å². The van der Waals surface area contributed by atoms with Crippen LogP contribution in [0.3, 0.4) is 0 Å². The normalized spacial score (nSPS) is 11.8. The molecule has 178 valence electrons. The molecule has 0 radical (unpaired) electrons. The van der Waals surface area contributed by atoms with E-state index in [2.05, 4.69) is 8.92 Å². The zero-order valence-electron chi connectivity index (χ0n) is 15.7. The van der Waals surface area contributed by atoms with Crippen molar-refractivity contribution in [3.63, 3.8) is 0 Å². The molecule has 0 amide bonds. The van der Waals surface area contributed by atoms with Crippen LogP contribution in [0.15, 0.2) is 0 Å². The first kappa shape index (κ1) is 25.7. The third-order valence-corrected chi connectivity index (χ3v) is 4.89. The number of hydrogen-bond acceptors (Lipinski definition) is 5. The van der Waals surface area contributed by atoms with E-state index >= 15 is 0 Å². The van der Waals surface area contributed by atoms with Crippen LogP contribution in [0.5, 0.6) is 5.75 Å². The van der Waals surface area contributed by atoms with Gasteiger partial charge in [0.15, 0.2) is 34.9 Å². The highest BCUT2D eigenvalue weighted by Gasteiger charge is 2.36. The van der Waals surface area contributed by atoms with Crippen molar-refractivity contribution in [3.05, 3.63) is 52.4 Å². The summed E-state index contributed by atoms with van der Waals surface area (Å²) < 4.78 is 162. The average Bonchev–Trinajstić information content (AvgIpc) is 2.74. The maximum Gasteiger partial charge on any atom is 0.311 e. The smallest absolute Gasteiger partial charge is 0.311 e. The molecule has 0 unspecified atom stereocenters. The first-order valence-corrected chi connectivity index (χ1v) is 9.80. The van der Waals surface area contributed by atoms with Crippen LogP contribution in [0, 0.1) is 52.4 Å². The standard InChI is InChI=1S/C17H11F9O5S/c1-29-2-3-30-4-5-32(27,28)31-17-15(25)10(20)7(11(21)16(17)26)6-8(18)12(22)14(24)13(23)9(6)19/h2-5H2,1H3. The minimum atomic E-state index is -4.91. The fraction of sp³-hybridized carbons (Fsp3) is 0.294. The Morgan fingerprint density at radius 1 is 0.594 bits per heavy atom. The Balaban J connectivity index is 2.53. The largest absolute Gasteiger partial charge is 0.382 e. The van der Waals surface area contributed by atoms with Crippen LogP contribution in [0.4, 0.5) is 39.5 Å². The van der Waals surface area contributed by atoms with E-state index in [0.29, 0.717) is 0 Å². The predicted molar refractivity (Wildman–Crippen MR) is 88.6 cm³/mol. The average molecular weight is 498 g/mol. The molecule has 5 nitrogen and oxygen atoms in total. The maximum atomic E-state index is 14.3. The second-order valence-electron chi connectivity index (χ2n) is 5.86. The van der Waals surface area contributed by atoms with Gasteiger partial charge in [0.05, 0.1) is 30.9 Å². The summed E-state index contributed by atoms with van der Waals surface area (Å²) in [6, 6.07) is 0. The summed E-state index contributed by atoms with van der Waals surface area (Å²) in [5.74, 6) is -27.3. The van der Waals surface area contributed by atoms with Gasteiger partial charge in [-0.05, 0) is 0 Å². The molecule has 0 N–H and O–H groups in total. The van der Waals surface area contributed by atoms with Gasteiger partial charge in [0.1, 0.15) is 5.75 Å². The third-order valence-electron chi connectivity index (χ3n) is 3.80. The van der Waals surface area contributed by atoms with Crippen molar-refractivity contribution in [1.82, 2.24) is 0 Å².